The Morgan fingerprint density at radius 1 is 0.433 bits per heavy atom. The zero-order chi connectivity index (χ0) is 21.5. The minimum atomic E-state index is -0.0535. The number of hydrogen-bond acceptors (Lipinski definition) is 4. The first-order valence-corrected chi connectivity index (χ1v) is 12.8. The van der Waals surface area contributed by atoms with Crippen molar-refractivity contribution in [2.45, 2.75) is 128 Å². The molecule has 1 heterocycles. The maximum atomic E-state index is 11.7. The van der Waals surface area contributed by atoms with Crippen molar-refractivity contribution >= 4 is 11.9 Å². The molecule has 0 aromatic heterocycles. The molecule has 0 bridgehead atoms. The van der Waals surface area contributed by atoms with Gasteiger partial charge in [-0.1, -0.05) is 63.5 Å². The van der Waals surface area contributed by atoms with Crippen LogP contribution in [0.3, 0.4) is 0 Å². The molecule has 0 unspecified atom stereocenters. The summed E-state index contributed by atoms with van der Waals surface area (Å²) in [5.74, 6) is -0.107. The number of esters is 2. The Morgan fingerprint density at radius 3 is 1.20 bits per heavy atom. The van der Waals surface area contributed by atoms with Gasteiger partial charge >= 0.3 is 11.9 Å². The van der Waals surface area contributed by atoms with Crippen molar-refractivity contribution in [3.8, 4) is 0 Å². The van der Waals surface area contributed by atoms with Crippen LogP contribution in [0.4, 0.5) is 0 Å². The lowest BCUT2D eigenvalue weighted by Crippen LogP contribution is -2.07. The molecule has 4 heteroatoms. The van der Waals surface area contributed by atoms with Crippen LogP contribution in [-0.2, 0) is 19.1 Å². The van der Waals surface area contributed by atoms with E-state index in [2.05, 4.69) is 12.2 Å². The number of carbonyl (C=O) groups is 2. The molecule has 0 radical (unpaired) electrons. The van der Waals surface area contributed by atoms with Crippen LogP contribution in [0.5, 0.6) is 0 Å². The molecular formula is C26H46O4. The van der Waals surface area contributed by atoms with Gasteiger partial charge in [-0.2, -0.15) is 0 Å². The lowest BCUT2D eigenvalue weighted by atomic mass is 10.1. The molecule has 30 heavy (non-hydrogen) atoms. The minimum Gasteiger partial charge on any atom is -0.466 e. The van der Waals surface area contributed by atoms with Crippen molar-refractivity contribution in [3.05, 3.63) is 12.2 Å². The first-order chi connectivity index (χ1) is 14.8. The summed E-state index contributed by atoms with van der Waals surface area (Å²) in [6, 6.07) is 0. The summed E-state index contributed by atoms with van der Waals surface area (Å²) in [5, 5.41) is 0. The Bertz CT molecular complexity index is 404. The van der Waals surface area contributed by atoms with E-state index in [4.69, 9.17) is 9.47 Å². The molecule has 174 valence electrons. The van der Waals surface area contributed by atoms with E-state index < -0.39 is 0 Å². The van der Waals surface area contributed by atoms with E-state index in [-0.39, 0.29) is 11.9 Å². The predicted molar refractivity (Wildman–Crippen MR) is 123 cm³/mol. The van der Waals surface area contributed by atoms with Gasteiger partial charge in [0, 0.05) is 12.8 Å². The third-order valence-electron chi connectivity index (χ3n) is 5.73. The fourth-order valence-electron chi connectivity index (χ4n) is 3.79. The van der Waals surface area contributed by atoms with Crippen LogP contribution in [0.2, 0.25) is 0 Å². The lowest BCUT2D eigenvalue weighted by molar-refractivity contribution is -0.145. The zero-order valence-electron chi connectivity index (χ0n) is 19.3. The molecule has 0 saturated carbocycles. The minimum absolute atomic E-state index is 0.0535. The van der Waals surface area contributed by atoms with E-state index in [0.29, 0.717) is 26.1 Å². The number of allylic oxidation sites excluding steroid dienone is 2. The van der Waals surface area contributed by atoms with Gasteiger partial charge in [-0.05, 0) is 64.2 Å². The highest BCUT2D eigenvalue weighted by atomic mass is 16.5. The van der Waals surface area contributed by atoms with Crippen LogP contribution in [0, 0.1) is 0 Å². The molecule has 0 aliphatic carbocycles. The standard InChI is InChI=1S/C26H46O4/c27-25-21-17-13-11-9-7-5-3-1-2-4-6-8-10-12-14-18-22-26(28)30-24-20-16-15-19-23-29-25/h1-2H,3-24H2/b2-1-. The summed E-state index contributed by atoms with van der Waals surface area (Å²) < 4.78 is 10.6. The highest BCUT2D eigenvalue weighted by Crippen LogP contribution is 2.12. The highest BCUT2D eigenvalue weighted by molar-refractivity contribution is 5.69. The van der Waals surface area contributed by atoms with Crippen LogP contribution in [-0.4, -0.2) is 25.2 Å². The summed E-state index contributed by atoms with van der Waals surface area (Å²) in [7, 11) is 0. The molecule has 0 aromatic rings. The van der Waals surface area contributed by atoms with E-state index in [1.54, 1.807) is 0 Å². The molecule has 0 spiro atoms. The highest BCUT2D eigenvalue weighted by Gasteiger charge is 2.04. The van der Waals surface area contributed by atoms with Crippen LogP contribution in [0.1, 0.15) is 128 Å². The smallest absolute Gasteiger partial charge is 0.305 e. The first kappa shape index (κ1) is 26.7. The monoisotopic (exact) mass is 422 g/mol. The molecule has 1 aliphatic heterocycles. The third kappa shape index (κ3) is 18.7. The molecular weight excluding hydrogens is 376 g/mol. The molecule has 1 aliphatic rings. The molecule has 0 aromatic carbocycles. The van der Waals surface area contributed by atoms with E-state index in [9.17, 15) is 9.59 Å². The van der Waals surface area contributed by atoms with Crippen molar-refractivity contribution in [1.29, 1.82) is 0 Å². The summed E-state index contributed by atoms with van der Waals surface area (Å²) >= 11 is 0. The number of ether oxygens (including phenoxy) is 2. The fourth-order valence-corrected chi connectivity index (χ4v) is 3.79. The summed E-state index contributed by atoms with van der Waals surface area (Å²) in [6.45, 7) is 1.04. The van der Waals surface area contributed by atoms with E-state index in [0.717, 1.165) is 51.4 Å². The molecule has 0 saturated heterocycles. The normalized spacial score (nSPS) is 23.3. The summed E-state index contributed by atoms with van der Waals surface area (Å²) in [5.41, 5.74) is 0. The van der Waals surface area contributed by atoms with Crippen LogP contribution < -0.4 is 0 Å². The average Bonchev–Trinajstić information content (AvgIpc) is 2.74. The second-order valence-corrected chi connectivity index (χ2v) is 8.65. The Balaban J connectivity index is 2.17. The summed E-state index contributed by atoms with van der Waals surface area (Å²) in [4.78, 5) is 23.5. The van der Waals surface area contributed by atoms with Gasteiger partial charge in [0.1, 0.15) is 0 Å². The van der Waals surface area contributed by atoms with Gasteiger partial charge in [0.05, 0.1) is 13.2 Å². The Labute approximate surface area is 185 Å². The molecule has 0 N–H and O–H groups in total. The maximum Gasteiger partial charge on any atom is 0.305 e. The number of hydrogen-bond donors (Lipinski definition) is 0. The van der Waals surface area contributed by atoms with Gasteiger partial charge in [-0.25, -0.2) is 0 Å². The quantitative estimate of drug-likeness (QED) is 0.300. The van der Waals surface area contributed by atoms with Crippen molar-refractivity contribution in [2.75, 3.05) is 13.2 Å². The lowest BCUT2D eigenvalue weighted by Gasteiger charge is -2.06. The summed E-state index contributed by atoms with van der Waals surface area (Å²) in [6.07, 6.45) is 26.3. The molecule has 1 rings (SSSR count). The Morgan fingerprint density at radius 2 is 0.767 bits per heavy atom. The van der Waals surface area contributed by atoms with Crippen molar-refractivity contribution < 1.29 is 19.1 Å². The van der Waals surface area contributed by atoms with E-state index in [1.165, 1.54) is 64.2 Å². The maximum absolute atomic E-state index is 11.7. The fraction of sp³-hybridized carbons (Fsp3) is 0.846. The predicted octanol–water partition coefficient (Wildman–Crippen LogP) is 7.44. The molecule has 4 nitrogen and oxygen atoms in total. The second kappa shape index (κ2) is 20.9. The van der Waals surface area contributed by atoms with Crippen LogP contribution in [0.25, 0.3) is 0 Å². The SMILES string of the molecule is O=C1CCCCCCCC/C=C\CCCCCCCCC(=O)OCCCCCCO1. The molecule has 0 fully saturated rings. The first-order valence-electron chi connectivity index (χ1n) is 12.8. The average molecular weight is 423 g/mol. The van der Waals surface area contributed by atoms with Crippen molar-refractivity contribution in [3.63, 3.8) is 0 Å². The van der Waals surface area contributed by atoms with Crippen molar-refractivity contribution in [2.24, 2.45) is 0 Å². The van der Waals surface area contributed by atoms with Gasteiger partial charge in [0.15, 0.2) is 0 Å². The second-order valence-electron chi connectivity index (χ2n) is 8.65. The topological polar surface area (TPSA) is 52.6 Å². The Hall–Kier alpha value is -1.32. The largest absolute Gasteiger partial charge is 0.466 e. The van der Waals surface area contributed by atoms with Gasteiger partial charge in [-0.3, -0.25) is 9.59 Å². The molecule has 0 amide bonds. The van der Waals surface area contributed by atoms with E-state index >= 15 is 0 Å². The van der Waals surface area contributed by atoms with E-state index in [1.807, 2.05) is 0 Å². The van der Waals surface area contributed by atoms with Gasteiger partial charge in [0.2, 0.25) is 0 Å². The van der Waals surface area contributed by atoms with Gasteiger partial charge in [0.25, 0.3) is 0 Å². The zero-order valence-corrected chi connectivity index (χ0v) is 19.3. The van der Waals surface area contributed by atoms with Gasteiger partial charge < -0.3 is 9.47 Å². The number of cyclic esters (lactones) is 2. The van der Waals surface area contributed by atoms with Crippen LogP contribution >= 0.6 is 0 Å². The van der Waals surface area contributed by atoms with Crippen molar-refractivity contribution in [1.82, 2.24) is 0 Å². The molecule has 0 atom stereocenters. The number of carbonyl (C=O) groups excluding carboxylic acids is 2. The third-order valence-corrected chi connectivity index (χ3v) is 5.73. The van der Waals surface area contributed by atoms with Crippen LogP contribution in [0.15, 0.2) is 12.2 Å². The van der Waals surface area contributed by atoms with Gasteiger partial charge in [-0.15, -0.1) is 0 Å². The Kier molecular flexibility index (Phi) is 18.6. The number of rotatable bonds is 0.